The summed E-state index contributed by atoms with van der Waals surface area (Å²) in [5.74, 6) is -1.10. The molecule has 0 amide bonds. The molecule has 31 heavy (non-hydrogen) atoms. The van der Waals surface area contributed by atoms with E-state index in [-0.39, 0.29) is 17.4 Å². The van der Waals surface area contributed by atoms with E-state index in [0.29, 0.717) is 5.56 Å². The molecule has 1 aromatic heterocycles. The van der Waals surface area contributed by atoms with Gasteiger partial charge >= 0.3 is 17.8 Å². The van der Waals surface area contributed by atoms with Gasteiger partial charge in [-0.1, -0.05) is 56.3 Å². The molecule has 0 radical (unpaired) electrons. The number of hydrogen-bond donors (Lipinski definition) is 1. The number of H-pyrrole nitrogens is 1. The largest absolute Gasteiger partial charge is 0.452 e. The van der Waals surface area contributed by atoms with Crippen LogP contribution in [0.15, 0.2) is 64.2 Å². The summed E-state index contributed by atoms with van der Waals surface area (Å²) in [4.78, 5) is 38.6. The Bertz CT molecular complexity index is 1200. The first-order valence-corrected chi connectivity index (χ1v) is 9.55. The van der Waals surface area contributed by atoms with Crippen LogP contribution >= 0.6 is 0 Å². The highest BCUT2D eigenvalue weighted by Crippen LogP contribution is 2.39. The van der Waals surface area contributed by atoms with Crippen molar-refractivity contribution in [2.45, 2.75) is 44.5 Å². The molecule has 9 heteroatoms. The molecule has 0 aliphatic carbocycles. The molecule has 0 saturated carbocycles. The predicted octanol–water partition coefficient (Wildman–Crippen LogP) is 3.53. The number of carbonyl (C=O) groups is 1. The zero-order valence-electron chi connectivity index (χ0n) is 16.9. The van der Waals surface area contributed by atoms with Crippen molar-refractivity contribution in [2.24, 2.45) is 0 Å². The third-order valence-corrected chi connectivity index (χ3v) is 5.16. The Kier molecular flexibility index (Phi) is 6.06. The zero-order chi connectivity index (χ0) is 22.8. The van der Waals surface area contributed by atoms with E-state index in [0.717, 1.165) is 4.57 Å². The number of fused-ring (bicyclic) bond motifs is 1. The molecule has 164 valence electrons. The smallest absolute Gasteiger partial charge is 0.426 e. The number of halogens is 3. The molecule has 0 fully saturated rings. The number of aromatic nitrogens is 2. The van der Waals surface area contributed by atoms with Crippen molar-refractivity contribution in [3.8, 4) is 0 Å². The van der Waals surface area contributed by atoms with Gasteiger partial charge in [-0.15, -0.1) is 0 Å². The molecule has 0 spiro atoms. The molecule has 1 N–H and O–H groups in total. The summed E-state index contributed by atoms with van der Waals surface area (Å²) in [6.45, 7) is 2.47. The number of esters is 1. The average molecular weight is 434 g/mol. The van der Waals surface area contributed by atoms with Gasteiger partial charge in [0.1, 0.15) is 0 Å². The van der Waals surface area contributed by atoms with Crippen molar-refractivity contribution >= 4 is 16.9 Å². The maximum Gasteiger partial charge on any atom is 0.426 e. The van der Waals surface area contributed by atoms with Gasteiger partial charge in [-0.25, -0.2) is 4.79 Å². The van der Waals surface area contributed by atoms with Gasteiger partial charge in [-0.05, 0) is 17.7 Å². The second-order valence-electron chi connectivity index (χ2n) is 7.68. The van der Waals surface area contributed by atoms with Gasteiger partial charge in [0.05, 0.1) is 17.3 Å². The van der Waals surface area contributed by atoms with E-state index >= 15 is 0 Å². The molecular formula is C22H21F3N2O4. The lowest BCUT2D eigenvalue weighted by Crippen LogP contribution is -2.48. The number of rotatable bonds is 6. The van der Waals surface area contributed by atoms with E-state index < -0.39 is 41.3 Å². The van der Waals surface area contributed by atoms with Crippen molar-refractivity contribution in [2.75, 3.05) is 0 Å². The first-order chi connectivity index (χ1) is 14.5. The standard InChI is InChI=1S/C22H21F3N2O4/c1-21(2,14-8-4-3-5-9-14)19(22(23,24)25)31-17(28)12-13-27-16-11-7-6-10-15(16)18(29)26-20(27)30/h3-11,19H,12-13H2,1-2H3,(H,26,29,30)/t19-/m1/s1. The first kappa shape index (κ1) is 22.3. The summed E-state index contributed by atoms with van der Waals surface area (Å²) in [6.07, 6.45) is -7.65. The van der Waals surface area contributed by atoms with Gasteiger partial charge in [0.25, 0.3) is 5.56 Å². The minimum Gasteiger partial charge on any atom is -0.452 e. The Labute approximate surface area is 175 Å². The summed E-state index contributed by atoms with van der Waals surface area (Å²) in [7, 11) is 0. The van der Waals surface area contributed by atoms with E-state index in [4.69, 9.17) is 4.74 Å². The van der Waals surface area contributed by atoms with Crippen LogP contribution in [0.5, 0.6) is 0 Å². The second-order valence-corrected chi connectivity index (χ2v) is 7.68. The average Bonchev–Trinajstić information content (AvgIpc) is 2.71. The van der Waals surface area contributed by atoms with E-state index in [1.807, 2.05) is 0 Å². The SMILES string of the molecule is CC(C)(c1ccccc1)[C@@H](OC(=O)CCn1c(=O)[nH]c(=O)c2ccccc21)C(F)(F)F. The molecule has 0 saturated heterocycles. The summed E-state index contributed by atoms with van der Waals surface area (Å²) >= 11 is 0. The number of ether oxygens (including phenoxy) is 1. The van der Waals surface area contributed by atoms with E-state index in [9.17, 15) is 27.6 Å². The molecule has 0 aliphatic heterocycles. The van der Waals surface area contributed by atoms with Gasteiger partial charge in [-0.2, -0.15) is 13.2 Å². The minimum absolute atomic E-state index is 0.230. The highest BCUT2D eigenvalue weighted by atomic mass is 19.4. The maximum absolute atomic E-state index is 13.8. The molecule has 3 aromatic rings. The van der Waals surface area contributed by atoms with Crippen LogP contribution in [0.1, 0.15) is 25.8 Å². The molecule has 2 aromatic carbocycles. The van der Waals surface area contributed by atoms with Crippen molar-refractivity contribution < 1.29 is 22.7 Å². The number of aryl methyl sites for hydroxylation is 1. The van der Waals surface area contributed by atoms with Gasteiger partial charge < -0.3 is 4.74 Å². The van der Waals surface area contributed by atoms with Crippen LogP contribution in [-0.2, 0) is 21.5 Å². The Morgan fingerprint density at radius 2 is 1.65 bits per heavy atom. The normalized spacial score (nSPS) is 13.2. The zero-order valence-corrected chi connectivity index (χ0v) is 16.9. The van der Waals surface area contributed by atoms with Gasteiger partial charge in [0.15, 0.2) is 0 Å². The highest BCUT2D eigenvalue weighted by Gasteiger charge is 2.52. The van der Waals surface area contributed by atoms with Crippen LogP contribution in [0.4, 0.5) is 13.2 Å². The Balaban J connectivity index is 1.83. The summed E-state index contributed by atoms with van der Waals surface area (Å²) in [5.41, 5.74) is -2.22. The summed E-state index contributed by atoms with van der Waals surface area (Å²) in [5, 5.41) is 0.230. The number of alkyl halides is 3. The number of benzene rings is 2. The van der Waals surface area contributed by atoms with E-state index in [1.165, 1.54) is 26.0 Å². The Morgan fingerprint density at radius 1 is 1.03 bits per heavy atom. The fourth-order valence-electron chi connectivity index (χ4n) is 3.50. The third-order valence-electron chi connectivity index (χ3n) is 5.16. The maximum atomic E-state index is 13.8. The quantitative estimate of drug-likeness (QED) is 0.602. The third kappa shape index (κ3) is 4.70. The van der Waals surface area contributed by atoms with Crippen LogP contribution < -0.4 is 11.2 Å². The molecule has 0 unspecified atom stereocenters. The lowest BCUT2D eigenvalue weighted by molar-refractivity contribution is -0.236. The number of hydrogen-bond acceptors (Lipinski definition) is 4. The Morgan fingerprint density at radius 3 is 2.29 bits per heavy atom. The summed E-state index contributed by atoms with van der Waals surface area (Å²) in [6, 6.07) is 14.2. The fraction of sp³-hybridized carbons (Fsp3) is 0.318. The molecule has 0 aliphatic rings. The van der Waals surface area contributed by atoms with E-state index in [2.05, 4.69) is 4.98 Å². The number of para-hydroxylation sites is 1. The second kappa shape index (κ2) is 8.41. The molecular weight excluding hydrogens is 413 g/mol. The van der Waals surface area contributed by atoms with Crippen LogP contribution in [0, 0.1) is 0 Å². The predicted molar refractivity (Wildman–Crippen MR) is 109 cm³/mol. The first-order valence-electron chi connectivity index (χ1n) is 9.55. The van der Waals surface area contributed by atoms with E-state index in [1.54, 1.807) is 42.5 Å². The molecule has 0 bridgehead atoms. The van der Waals surface area contributed by atoms with Gasteiger partial charge in [-0.3, -0.25) is 19.1 Å². The van der Waals surface area contributed by atoms with Crippen LogP contribution in [0.3, 0.4) is 0 Å². The highest BCUT2D eigenvalue weighted by molar-refractivity contribution is 5.78. The van der Waals surface area contributed by atoms with Gasteiger partial charge in [0, 0.05) is 12.0 Å². The van der Waals surface area contributed by atoms with Crippen molar-refractivity contribution in [3.63, 3.8) is 0 Å². The topological polar surface area (TPSA) is 81.2 Å². The number of carbonyl (C=O) groups excluding carboxylic acids is 1. The lowest BCUT2D eigenvalue weighted by atomic mass is 9.79. The molecule has 3 rings (SSSR count). The molecule has 1 atom stereocenters. The number of nitrogens with zero attached hydrogens (tertiary/aromatic N) is 1. The number of nitrogens with one attached hydrogen (secondary N) is 1. The minimum atomic E-state index is -4.80. The van der Waals surface area contributed by atoms with Crippen LogP contribution in [0.2, 0.25) is 0 Å². The van der Waals surface area contributed by atoms with Crippen molar-refractivity contribution in [3.05, 3.63) is 81.0 Å². The van der Waals surface area contributed by atoms with Crippen LogP contribution in [-0.4, -0.2) is 27.8 Å². The Hall–Kier alpha value is -3.36. The summed E-state index contributed by atoms with van der Waals surface area (Å²) < 4.78 is 47.3. The number of aromatic amines is 1. The van der Waals surface area contributed by atoms with Crippen molar-refractivity contribution in [1.82, 2.24) is 9.55 Å². The molecule has 1 heterocycles. The van der Waals surface area contributed by atoms with Gasteiger partial charge in [0.2, 0.25) is 6.10 Å². The fourth-order valence-corrected chi connectivity index (χ4v) is 3.50. The van der Waals surface area contributed by atoms with Crippen molar-refractivity contribution in [1.29, 1.82) is 0 Å². The monoisotopic (exact) mass is 434 g/mol. The van der Waals surface area contributed by atoms with Crippen LogP contribution in [0.25, 0.3) is 10.9 Å². The molecule has 6 nitrogen and oxygen atoms in total. The lowest BCUT2D eigenvalue weighted by Gasteiger charge is -2.35.